The molecule has 1 heterocycles. The van der Waals surface area contributed by atoms with Gasteiger partial charge in [0.15, 0.2) is 23.1 Å². The molecule has 10 nitrogen and oxygen atoms in total. The number of carbonyl (C=O) groups excluding carboxylic acids is 2. The van der Waals surface area contributed by atoms with E-state index in [1.54, 1.807) is 24.0 Å². The lowest BCUT2D eigenvalue weighted by molar-refractivity contribution is -0.385. The van der Waals surface area contributed by atoms with Crippen molar-refractivity contribution in [3.05, 3.63) is 77.7 Å². The highest BCUT2D eigenvalue weighted by Crippen LogP contribution is 2.55. The van der Waals surface area contributed by atoms with Gasteiger partial charge < -0.3 is 19.5 Å². The number of rotatable bonds is 8. The standard InChI is InChI=1S/C34H34F3IN2O8/c1-6-47-26-10-17(9-19(38)31(26)48-25-8-7-18(34(35,36)37)11-20(25)40(45)46)28-29-21(12-32(2,3)14-23(29)41)39(16-27(43)44)22-13-33(4,5)15-24(42)30(22)28/h7-11,28H,6,12-16H2,1-5H3,(H,43,44). The van der Waals surface area contributed by atoms with Gasteiger partial charge in [-0.3, -0.25) is 24.5 Å². The average molecular weight is 783 g/mol. The van der Waals surface area contributed by atoms with Crippen molar-refractivity contribution in [1.29, 1.82) is 0 Å². The molecule has 14 heteroatoms. The van der Waals surface area contributed by atoms with E-state index in [4.69, 9.17) is 9.47 Å². The molecule has 0 aromatic heterocycles. The smallest absolute Gasteiger partial charge is 0.416 e. The van der Waals surface area contributed by atoms with Crippen LogP contribution in [0.4, 0.5) is 18.9 Å². The number of halogens is 4. The molecule has 0 unspecified atom stereocenters. The minimum atomic E-state index is -4.81. The highest BCUT2D eigenvalue weighted by molar-refractivity contribution is 14.1. The second-order valence-electron chi connectivity index (χ2n) is 13.8. The summed E-state index contributed by atoms with van der Waals surface area (Å²) in [5, 5.41) is 21.7. The highest BCUT2D eigenvalue weighted by atomic mass is 127. The van der Waals surface area contributed by atoms with Crippen LogP contribution in [0.25, 0.3) is 0 Å². The van der Waals surface area contributed by atoms with E-state index in [0.29, 0.717) is 56.6 Å². The summed E-state index contributed by atoms with van der Waals surface area (Å²) in [7, 11) is 0. The first-order valence-corrected chi connectivity index (χ1v) is 16.3. The van der Waals surface area contributed by atoms with Gasteiger partial charge in [0.05, 0.1) is 20.7 Å². The molecule has 0 atom stereocenters. The van der Waals surface area contributed by atoms with Crippen LogP contribution in [-0.2, 0) is 20.6 Å². The molecular formula is C34H34F3IN2O8. The number of nitro groups is 1. The molecule has 1 N–H and O–H groups in total. The first kappa shape index (κ1) is 35.4. The summed E-state index contributed by atoms with van der Waals surface area (Å²) in [6, 6.07) is 5.18. The van der Waals surface area contributed by atoms with E-state index in [-0.39, 0.29) is 42.5 Å². The van der Waals surface area contributed by atoms with Crippen molar-refractivity contribution in [2.45, 2.75) is 72.4 Å². The number of hydrogen-bond acceptors (Lipinski definition) is 8. The Kier molecular flexibility index (Phi) is 9.20. The zero-order valence-electron chi connectivity index (χ0n) is 26.9. The summed E-state index contributed by atoms with van der Waals surface area (Å²) in [5.74, 6) is -2.72. The van der Waals surface area contributed by atoms with E-state index >= 15 is 0 Å². The molecule has 1 aliphatic heterocycles. The van der Waals surface area contributed by atoms with Crippen molar-refractivity contribution in [1.82, 2.24) is 4.90 Å². The number of carboxylic acid groups (broad SMARTS) is 1. The van der Waals surface area contributed by atoms with Gasteiger partial charge in [-0.15, -0.1) is 0 Å². The quantitative estimate of drug-likeness (QED) is 0.160. The molecule has 5 rings (SSSR count). The van der Waals surface area contributed by atoms with Crippen molar-refractivity contribution < 1.29 is 47.1 Å². The van der Waals surface area contributed by atoms with E-state index in [0.717, 1.165) is 6.07 Å². The minimum absolute atomic E-state index is 0.00276. The first-order chi connectivity index (χ1) is 22.2. The molecule has 256 valence electrons. The van der Waals surface area contributed by atoms with Gasteiger partial charge in [-0.05, 0) is 83.0 Å². The van der Waals surface area contributed by atoms with E-state index in [1.165, 1.54) is 0 Å². The third-order valence-electron chi connectivity index (χ3n) is 8.68. The van der Waals surface area contributed by atoms with Crippen LogP contribution in [0.2, 0.25) is 0 Å². The van der Waals surface area contributed by atoms with Crippen LogP contribution >= 0.6 is 22.6 Å². The van der Waals surface area contributed by atoms with E-state index < -0.39 is 57.4 Å². The van der Waals surface area contributed by atoms with E-state index in [1.807, 2.05) is 50.3 Å². The van der Waals surface area contributed by atoms with Crippen LogP contribution in [0.5, 0.6) is 17.2 Å². The maximum absolute atomic E-state index is 14.0. The predicted molar refractivity (Wildman–Crippen MR) is 176 cm³/mol. The van der Waals surface area contributed by atoms with Crippen molar-refractivity contribution in [3.8, 4) is 17.2 Å². The van der Waals surface area contributed by atoms with Crippen molar-refractivity contribution in [2.24, 2.45) is 10.8 Å². The molecule has 2 aromatic rings. The minimum Gasteiger partial charge on any atom is -0.490 e. The number of ketones is 2. The van der Waals surface area contributed by atoms with Gasteiger partial charge in [0.1, 0.15) is 6.54 Å². The van der Waals surface area contributed by atoms with Crippen LogP contribution in [0.3, 0.4) is 0 Å². The SMILES string of the molecule is CCOc1cc(C2C3=C(CC(C)(C)CC3=O)N(CC(=O)O)C3=C2C(=O)CC(C)(C)C3)cc(I)c1Oc1ccc(C(F)(F)F)cc1[N+](=O)[O-]. The fraction of sp³-hybridized carbons (Fsp3) is 0.441. The predicted octanol–water partition coefficient (Wildman–Crippen LogP) is 8.18. The maximum atomic E-state index is 14.0. The number of benzene rings is 2. The second kappa shape index (κ2) is 12.5. The summed E-state index contributed by atoms with van der Waals surface area (Å²) < 4.78 is 52.1. The monoisotopic (exact) mass is 782 g/mol. The van der Waals surface area contributed by atoms with Gasteiger partial charge >= 0.3 is 17.8 Å². The van der Waals surface area contributed by atoms with Crippen LogP contribution in [0, 0.1) is 24.5 Å². The van der Waals surface area contributed by atoms with Gasteiger partial charge in [-0.1, -0.05) is 27.7 Å². The molecule has 0 saturated carbocycles. The molecule has 0 saturated heterocycles. The number of carboxylic acids is 1. The lowest BCUT2D eigenvalue weighted by Gasteiger charge is -2.48. The Morgan fingerprint density at radius 2 is 1.56 bits per heavy atom. The Bertz CT molecular complexity index is 1760. The number of allylic oxidation sites excluding steroid dienone is 4. The molecule has 2 aliphatic carbocycles. The fourth-order valence-electron chi connectivity index (χ4n) is 6.86. The van der Waals surface area contributed by atoms with Crippen LogP contribution in [0.1, 0.15) is 77.3 Å². The maximum Gasteiger partial charge on any atom is 0.416 e. The lowest BCUT2D eigenvalue weighted by Crippen LogP contribution is -2.45. The number of ether oxygens (including phenoxy) is 2. The zero-order valence-corrected chi connectivity index (χ0v) is 29.1. The molecule has 0 fully saturated rings. The second-order valence-corrected chi connectivity index (χ2v) is 15.0. The molecule has 0 spiro atoms. The Labute approximate surface area is 288 Å². The normalized spacial score (nSPS) is 19.2. The van der Waals surface area contributed by atoms with Crippen LogP contribution in [-0.4, -0.2) is 45.6 Å². The summed E-state index contributed by atoms with van der Waals surface area (Å²) in [5.41, 5.74) is -0.755. The lowest BCUT2D eigenvalue weighted by atomic mass is 9.63. The number of hydrogen-bond donors (Lipinski definition) is 1. The molecule has 0 bridgehead atoms. The number of aliphatic carboxylic acids is 1. The third kappa shape index (κ3) is 6.80. The molecule has 2 aromatic carbocycles. The third-order valence-corrected chi connectivity index (χ3v) is 9.48. The molecule has 3 aliphatic rings. The number of alkyl halides is 3. The average Bonchev–Trinajstić information content (AvgIpc) is 2.93. The Morgan fingerprint density at radius 1 is 1.00 bits per heavy atom. The van der Waals surface area contributed by atoms with Crippen molar-refractivity contribution >= 4 is 45.8 Å². The van der Waals surface area contributed by atoms with Crippen molar-refractivity contribution in [3.63, 3.8) is 0 Å². The summed E-state index contributed by atoms with van der Waals surface area (Å²) in [4.78, 5) is 52.6. The highest BCUT2D eigenvalue weighted by Gasteiger charge is 2.49. The van der Waals surface area contributed by atoms with E-state index in [9.17, 15) is 42.8 Å². The Hall–Kier alpha value is -3.95. The van der Waals surface area contributed by atoms with Crippen molar-refractivity contribution in [2.75, 3.05) is 13.2 Å². The number of nitrogens with zero attached hydrogens (tertiary/aromatic N) is 2. The summed E-state index contributed by atoms with van der Waals surface area (Å²) in [6.07, 6.45) is -3.65. The van der Waals surface area contributed by atoms with E-state index in [2.05, 4.69) is 0 Å². The number of nitro benzene ring substituents is 1. The fourth-order valence-corrected chi connectivity index (χ4v) is 7.59. The Morgan fingerprint density at radius 3 is 2.04 bits per heavy atom. The summed E-state index contributed by atoms with van der Waals surface area (Å²) in [6.45, 7) is 9.13. The van der Waals surface area contributed by atoms with Gasteiger partial charge in [0.25, 0.3) is 0 Å². The van der Waals surface area contributed by atoms with Crippen LogP contribution < -0.4 is 9.47 Å². The topological polar surface area (TPSA) is 136 Å². The van der Waals surface area contributed by atoms with Gasteiger partial charge in [-0.25, -0.2) is 0 Å². The molecular weight excluding hydrogens is 748 g/mol. The van der Waals surface area contributed by atoms with Gasteiger partial charge in [0.2, 0.25) is 5.75 Å². The van der Waals surface area contributed by atoms with Crippen LogP contribution in [0.15, 0.2) is 52.9 Å². The number of Topliss-reactive ketones (excluding diaryl/α,β-unsaturated/α-hetero) is 2. The molecule has 0 amide bonds. The first-order valence-electron chi connectivity index (χ1n) is 15.2. The molecule has 48 heavy (non-hydrogen) atoms. The van der Waals surface area contributed by atoms with Gasteiger partial charge in [-0.2, -0.15) is 13.2 Å². The van der Waals surface area contributed by atoms with Gasteiger partial charge in [0, 0.05) is 47.4 Å². The number of carbonyl (C=O) groups is 3. The Balaban J connectivity index is 1.72. The molecule has 0 radical (unpaired) electrons. The zero-order chi connectivity index (χ0) is 35.5. The largest absolute Gasteiger partial charge is 0.490 e. The summed E-state index contributed by atoms with van der Waals surface area (Å²) >= 11 is 1.91.